The van der Waals surface area contributed by atoms with Gasteiger partial charge in [0, 0.05) is 38.3 Å². The largest absolute Gasteiger partial charge is 0.494 e. The first kappa shape index (κ1) is 15.7. The van der Waals surface area contributed by atoms with E-state index in [9.17, 15) is 4.79 Å². The van der Waals surface area contributed by atoms with E-state index >= 15 is 0 Å². The number of hydrogen-bond acceptors (Lipinski definition) is 5. The minimum atomic E-state index is -0.406. The summed E-state index contributed by atoms with van der Waals surface area (Å²) in [5, 5.41) is 4.17. The van der Waals surface area contributed by atoms with Crippen LogP contribution in [0.4, 0.5) is 0 Å². The number of methoxy groups -OCH3 is 1. The van der Waals surface area contributed by atoms with Crippen molar-refractivity contribution in [2.75, 3.05) is 33.9 Å². The molecule has 3 rings (SSSR count). The molecule has 1 aliphatic rings. The number of ether oxygens (including phenoxy) is 2. The van der Waals surface area contributed by atoms with Crippen LogP contribution in [0.15, 0.2) is 30.5 Å². The molecule has 1 atom stereocenters. The highest BCUT2D eigenvalue weighted by Crippen LogP contribution is 2.27. The lowest BCUT2D eigenvalue weighted by Crippen LogP contribution is -2.48. The van der Waals surface area contributed by atoms with Gasteiger partial charge in [0.05, 0.1) is 13.7 Å². The van der Waals surface area contributed by atoms with Crippen molar-refractivity contribution in [1.82, 2.24) is 15.2 Å². The van der Waals surface area contributed by atoms with E-state index in [1.165, 1.54) is 0 Å². The number of nitrogens with one attached hydrogen (secondary N) is 1. The molecular formula is C17H21N3O3. The molecule has 0 spiro atoms. The van der Waals surface area contributed by atoms with Gasteiger partial charge in [-0.1, -0.05) is 12.1 Å². The summed E-state index contributed by atoms with van der Waals surface area (Å²) in [6.45, 7) is 2.43. The van der Waals surface area contributed by atoms with E-state index in [1.54, 1.807) is 25.3 Å². The molecule has 0 unspecified atom stereocenters. The van der Waals surface area contributed by atoms with Gasteiger partial charge < -0.3 is 19.7 Å². The zero-order chi connectivity index (χ0) is 16.2. The Morgan fingerprint density at radius 2 is 2.35 bits per heavy atom. The highest BCUT2D eigenvalue weighted by molar-refractivity contribution is 5.88. The topological polar surface area (TPSA) is 63.7 Å². The Morgan fingerprint density at radius 1 is 1.48 bits per heavy atom. The summed E-state index contributed by atoms with van der Waals surface area (Å²) in [5.74, 6) is 0.725. The number of carbonyl (C=O) groups is 1. The van der Waals surface area contributed by atoms with Crippen LogP contribution in [0.1, 0.15) is 5.56 Å². The maximum atomic E-state index is 12.5. The summed E-state index contributed by atoms with van der Waals surface area (Å²) in [6.07, 6.45) is 1.33. The molecule has 2 aromatic rings. The van der Waals surface area contributed by atoms with Crippen LogP contribution >= 0.6 is 0 Å². The van der Waals surface area contributed by atoms with Gasteiger partial charge in [-0.25, -0.2) is 0 Å². The lowest BCUT2D eigenvalue weighted by molar-refractivity contribution is -0.144. The lowest BCUT2D eigenvalue weighted by Gasteiger charge is -2.27. The molecule has 122 valence electrons. The van der Waals surface area contributed by atoms with Gasteiger partial charge in [0.15, 0.2) is 0 Å². The van der Waals surface area contributed by atoms with E-state index in [1.807, 2.05) is 24.3 Å². The number of morpholine rings is 1. The zero-order valence-corrected chi connectivity index (χ0v) is 13.4. The normalized spacial score (nSPS) is 17.9. The van der Waals surface area contributed by atoms with E-state index in [2.05, 4.69) is 10.3 Å². The first-order valence-corrected chi connectivity index (χ1v) is 7.68. The standard InChI is InChI=1S/C17H21N3O3/c1-20(17(21)15-10-18-8-9-23-15)11-12-5-6-14(22-2)16-13(12)4-3-7-19-16/h3-7,15,18H,8-11H2,1-2H3/t15-/m1/s1. The number of fused-ring (bicyclic) bond motifs is 1. The SMILES string of the molecule is COc1ccc(CN(C)C(=O)[C@H]2CNCCO2)c2cccnc12. The molecule has 0 saturated carbocycles. The van der Waals surface area contributed by atoms with Crippen molar-refractivity contribution < 1.29 is 14.3 Å². The Bertz CT molecular complexity index is 699. The third kappa shape index (κ3) is 3.28. The number of carbonyl (C=O) groups excluding carboxylic acids is 1. The van der Waals surface area contributed by atoms with Crippen LogP contribution < -0.4 is 10.1 Å². The van der Waals surface area contributed by atoms with Crippen LogP contribution in [0.2, 0.25) is 0 Å². The molecule has 1 aromatic heterocycles. The first-order valence-electron chi connectivity index (χ1n) is 7.68. The first-order chi connectivity index (χ1) is 11.2. The van der Waals surface area contributed by atoms with Crippen molar-refractivity contribution in [3.63, 3.8) is 0 Å². The number of benzene rings is 1. The highest BCUT2D eigenvalue weighted by Gasteiger charge is 2.25. The summed E-state index contributed by atoms with van der Waals surface area (Å²) in [5.41, 5.74) is 1.84. The molecular weight excluding hydrogens is 294 g/mol. The van der Waals surface area contributed by atoms with Gasteiger partial charge in [-0.2, -0.15) is 0 Å². The molecule has 0 aliphatic carbocycles. The molecule has 6 heteroatoms. The van der Waals surface area contributed by atoms with E-state index < -0.39 is 6.10 Å². The van der Waals surface area contributed by atoms with E-state index in [-0.39, 0.29) is 5.91 Å². The maximum Gasteiger partial charge on any atom is 0.253 e. The number of likely N-dealkylation sites (N-methyl/N-ethyl adjacent to an activating group) is 1. The van der Waals surface area contributed by atoms with E-state index in [0.717, 1.165) is 28.8 Å². The number of pyridine rings is 1. The Balaban J connectivity index is 1.82. The lowest BCUT2D eigenvalue weighted by atomic mass is 10.1. The average molecular weight is 315 g/mol. The fraction of sp³-hybridized carbons (Fsp3) is 0.412. The third-order valence-electron chi connectivity index (χ3n) is 4.03. The van der Waals surface area contributed by atoms with Crippen molar-refractivity contribution in [2.45, 2.75) is 12.6 Å². The minimum Gasteiger partial charge on any atom is -0.494 e. The Morgan fingerprint density at radius 3 is 3.09 bits per heavy atom. The molecule has 1 saturated heterocycles. The van der Waals surface area contributed by atoms with Crippen LogP contribution in [-0.2, 0) is 16.1 Å². The van der Waals surface area contributed by atoms with Crippen molar-refractivity contribution >= 4 is 16.8 Å². The minimum absolute atomic E-state index is 0.00921. The van der Waals surface area contributed by atoms with Gasteiger partial charge in [-0.05, 0) is 17.7 Å². The fourth-order valence-corrected chi connectivity index (χ4v) is 2.81. The quantitative estimate of drug-likeness (QED) is 0.918. The monoisotopic (exact) mass is 315 g/mol. The third-order valence-corrected chi connectivity index (χ3v) is 4.03. The summed E-state index contributed by atoms with van der Waals surface area (Å²) in [4.78, 5) is 18.6. The van der Waals surface area contributed by atoms with Crippen LogP contribution in [0.5, 0.6) is 5.75 Å². The van der Waals surface area contributed by atoms with Crippen LogP contribution in [-0.4, -0.2) is 55.7 Å². The van der Waals surface area contributed by atoms with Crippen molar-refractivity contribution in [1.29, 1.82) is 0 Å². The molecule has 1 aliphatic heterocycles. The van der Waals surface area contributed by atoms with Gasteiger partial charge in [0.25, 0.3) is 5.91 Å². The second kappa shape index (κ2) is 6.93. The molecule has 23 heavy (non-hydrogen) atoms. The number of hydrogen-bond donors (Lipinski definition) is 1. The van der Waals surface area contributed by atoms with Crippen LogP contribution in [0.3, 0.4) is 0 Å². The Hall–Kier alpha value is -2.18. The number of amides is 1. The van der Waals surface area contributed by atoms with Gasteiger partial charge in [0.1, 0.15) is 17.4 Å². The Kier molecular flexibility index (Phi) is 4.73. The highest BCUT2D eigenvalue weighted by atomic mass is 16.5. The van der Waals surface area contributed by atoms with Crippen LogP contribution in [0.25, 0.3) is 10.9 Å². The maximum absolute atomic E-state index is 12.5. The molecule has 2 heterocycles. The number of rotatable bonds is 4. The van der Waals surface area contributed by atoms with Crippen molar-refractivity contribution in [3.05, 3.63) is 36.0 Å². The smallest absolute Gasteiger partial charge is 0.253 e. The summed E-state index contributed by atoms with van der Waals surface area (Å²) >= 11 is 0. The summed E-state index contributed by atoms with van der Waals surface area (Å²) in [7, 11) is 3.43. The molecule has 0 radical (unpaired) electrons. The van der Waals surface area contributed by atoms with Gasteiger partial charge in [-0.3, -0.25) is 9.78 Å². The fourth-order valence-electron chi connectivity index (χ4n) is 2.81. The molecule has 1 N–H and O–H groups in total. The number of nitrogens with zero attached hydrogens (tertiary/aromatic N) is 2. The Labute approximate surface area is 135 Å². The van der Waals surface area contributed by atoms with E-state index in [0.29, 0.717) is 19.7 Å². The summed E-state index contributed by atoms with van der Waals surface area (Å²) in [6, 6.07) is 7.76. The summed E-state index contributed by atoms with van der Waals surface area (Å²) < 4.78 is 10.9. The molecule has 1 aromatic carbocycles. The second-order valence-corrected chi connectivity index (χ2v) is 5.58. The zero-order valence-electron chi connectivity index (χ0n) is 13.4. The van der Waals surface area contributed by atoms with Crippen molar-refractivity contribution in [2.24, 2.45) is 0 Å². The van der Waals surface area contributed by atoms with Crippen molar-refractivity contribution in [3.8, 4) is 5.75 Å². The van der Waals surface area contributed by atoms with E-state index in [4.69, 9.17) is 9.47 Å². The second-order valence-electron chi connectivity index (χ2n) is 5.58. The number of aromatic nitrogens is 1. The molecule has 6 nitrogen and oxygen atoms in total. The molecule has 1 amide bonds. The predicted molar refractivity (Wildman–Crippen MR) is 87.4 cm³/mol. The average Bonchev–Trinajstić information content (AvgIpc) is 2.62. The van der Waals surface area contributed by atoms with Gasteiger partial charge >= 0.3 is 0 Å². The molecule has 0 bridgehead atoms. The van der Waals surface area contributed by atoms with Gasteiger partial charge in [-0.15, -0.1) is 0 Å². The van der Waals surface area contributed by atoms with Crippen LogP contribution in [0, 0.1) is 0 Å². The molecule has 1 fully saturated rings. The van der Waals surface area contributed by atoms with Gasteiger partial charge in [0.2, 0.25) is 0 Å². The predicted octanol–water partition coefficient (Wildman–Crippen LogP) is 1.19.